The Labute approximate surface area is 150 Å². The van der Waals surface area contributed by atoms with Crippen molar-refractivity contribution in [3.05, 3.63) is 28.2 Å². The summed E-state index contributed by atoms with van der Waals surface area (Å²) >= 11 is 0. The Morgan fingerprint density at radius 1 is 1.12 bits per heavy atom. The fraction of sp³-hybridized carbons (Fsp3) is 0.600. The highest BCUT2D eigenvalue weighted by Crippen LogP contribution is 2.28. The van der Waals surface area contributed by atoms with Crippen LogP contribution in [-0.2, 0) is 16.9 Å². The number of fused-ring (bicyclic) bond motifs is 1. The Balaban J connectivity index is 1.92. The Bertz CT molecular complexity index is 909. The predicted octanol–water partition coefficient (Wildman–Crippen LogP) is -1.61. The third kappa shape index (κ3) is 3.18. The van der Waals surface area contributed by atoms with Crippen molar-refractivity contribution in [2.75, 3.05) is 38.7 Å². The lowest BCUT2D eigenvalue weighted by molar-refractivity contribution is 0.0386. The van der Waals surface area contributed by atoms with Gasteiger partial charge in [-0.2, -0.15) is 5.10 Å². The van der Waals surface area contributed by atoms with Crippen LogP contribution in [-0.4, -0.2) is 95.6 Å². The van der Waals surface area contributed by atoms with Gasteiger partial charge in [0.25, 0.3) is 11.5 Å². The predicted molar refractivity (Wildman–Crippen MR) is 92.5 cm³/mol. The van der Waals surface area contributed by atoms with E-state index in [4.69, 9.17) is 0 Å². The molecular weight excluding hydrogens is 362 g/mol. The van der Waals surface area contributed by atoms with E-state index in [-0.39, 0.29) is 41.9 Å². The third-order valence-electron chi connectivity index (χ3n) is 4.74. The highest BCUT2D eigenvalue weighted by molar-refractivity contribution is 7.91. The van der Waals surface area contributed by atoms with Crippen LogP contribution in [0.5, 0.6) is 0 Å². The number of urea groups is 1. The summed E-state index contributed by atoms with van der Waals surface area (Å²) in [7, 11) is 1.28. The fourth-order valence-electron chi connectivity index (χ4n) is 3.46. The third-order valence-corrected chi connectivity index (χ3v) is 6.44. The van der Waals surface area contributed by atoms with Crippen LogP contribution in [0, 0.1) is 0 Å². The van der Waals surface area contributed by atoms with Crippen LogP contribution in [0.2, 0.25) is 0 Å². The van der Waals surface area contributed by atoms with Crippen molar-refractivity contribution in [1.82, 2.24) is 24.5 Å². The normalized spacial score (nSPS) is 24.3. The van der Waals surface area contributed by atoms with Crippen molar-refractivity contribution in [3.63, 3.8) is 0 Å². The summed E-state index contributed by atoms with van der Waals surface area (Å²) in [5.74, 6) is -0.793. The number of aromatic nitrogens is 2. The number of carbonyl (C=O) groups excluding carboxylic acids is 2. The second kappa shape index (κ2) is 6.38. The molecule has 0 radical (unpaired) electrons. The van der Waals surface area contributed by atoms with E-state index in [1.165, 1.54) is 33.9 Å². The smallest absolute Gasteiger partial charge is 0.319 e. The number of sulfone groups is 1. The number of hydrogen-bond donors (Lipinski definition) is 0. The molecule has 0 N–H and O–H groups in total. The van der Waals surface area contributed by atoms with Gasteiger partial charge in [0.1, 0.15) is 5.69 Å². The van der Waals surface area contributed by atoms with Gasteiger partial charge >= 0.3 is 6.03 Å². The Morgan fingerprint density at radius 3 is 2.27 bits per heavy atom. The van der Waals surface area contributed by atoms with E-state index in [0.29, 0.717) is 0 Å². The van der Waals surface area contributed by atoms with Crippen molar-refractivity contribution < 1.29 is 18.0 Å². The first kappa shape index (κ1) is 18.4. The highest BCUT2D eigenvalue weighted by atomic mass is 32.2. The van der Waals surface area contributed by atoms with E-state index in [1.54, 1.807) is 14.1 Å². The second-order valence-electron chi connectivity index (χ2n) is 6.76. The van der Waals surface area contributed by atoms with Crippen LogP contribution in [0.3, 0.4) is 0 Å². The lowest BCUT2D eigenvalue weighted by Gasteiger charge is -2.44. The molecule has 2 aliphatic heterocycles. The quantitative estimate of drug-likeness (QED) is 0.576. The Hall–Kier alpha value is -2.43. The molecule has 142 valence electrons. The maximum absolute atomic E-state index is 12.9. The van der Waals surface area contributed by atoms with Crippen molar-refractivity contribution in [3.8, 4) is 0 Å². The first-order chi connectivity index (χ1) is 12.1. The SMILES string of the molecule is CN(C)C(=O)N1CCN(C(=O)c2ccc(=O)n(C)n2)[C@@H]2CS(=O)(=O)C[C@@H]21. The molecule has 3 rings (SSSR count). The van der Waals surface area contributed by atoms with Crippen LogP contribution in [0.15, 0.2) is 16.9 Å². The summed E-state index contributed by atoms with van der Waals surface area (Å²) in [5, 5.41) is 3.96. The lowest BCUT2D eigenvalue weighted by Crippen LogP contribution is -2.63. The molecule has 0 aromatic carbocycles. The molecule has 0 unspecified atom stereocenters. The molecule has 2 atom stereocenters. The first-order valence-corrected chi connectivity index (χ1v) is 9.96. The molecule has 2 aliphatic rings. The largest absolute Gasteiger partial charge is 0.331 e. The van der Waals surface area contributed by atoms with E-state index in [1.807, 2.05) is 0 Å². The van der Waals surface area contributed by atoms with E-state index in [0.717, 1.165) is 4.68 Å². The van der Waals surface area contributed by atoms with E-state index < -0.39 is 27.8 Å². The van der Waals surface area contributed by atoms with Crippen molar-refractivity contribution in [2.24, 2.45) is 7.05 Å². The molecule has 0 bridgehead atoms. The zero-order chi connectivity index (χ0) is 19.2. The van der Waals surface area contributed by atoms with Crippen molar-refractivity contribution in [2.45, 2.75) is 12.1 Å². The molecule has 2 fully saturated rings. The molecule has 0 saturated carbocycles. The van der Waals surface area contributed by atoms with Gasteiger partial charge in [0.2, 0.25) is 0 Å². The number of amides is 3. The van der Waals surface area contributed by atoms with E-state index in [9.17, 15) is 22.8 Å². The maximum Gasteiger partial charge on any atom is 0.319 e. The summed E-state index contributed by atoms with van der Waals surface area (Å²) in [4.78, 5) is 41.1. The molecule has 10 nitrogen and oxygen atoms in total. The van der Waals surface area contributed by atoms with Gasteiger partial charge in [-0.25, -0.2) is 17.9 Å². The Morgan fingerprint density at radius 2 is 1.69 bits per heavy atom. The average molecular weight is 383 g/mol. The molecule has 3 heterocycles. The van der Waals surface area contributed by atoms with Crippen molar-refractivity contribution >= 4 is 21.8 Å². The number of rotatable bonds is 1. The van der Waals surface area contributed by atoms with Crippen molar-refractivity contribution in [1.29, 1.82) is 0 Å². The van der Waals surface area contributed by atoms with Gasteiger partial charge in [0.15, 0.2) is 9.84 Å². The summed E-state index contributed by atoms with van der Waals surface area (Å²) in [5.41, 5.74) is -0.271. The molecule has 2 saturated heterocycles. The second-order valence-corrected chi connectivity index (χ2v) is 8.91. The van der Waals surface area contributed by atoms with Gasteiger partial charge < -0.3 is 14.7 Å². The zero-order valence-corrected chi connectivity index (χ0v) is 15.6. The van der Waals surface area contributed by atoms with Gasteiger partial charge in [-0.1, -0.05) is 0 Å². The lowest BCUT2D eigenvalue weighted by atomic mass is 10.0. The van der Waals surface area contributed by atoms with Gasteiger partial charge in [-0.3, -0.25) is 9.59 Å². The highest BCUT2D eigenvalue weighted by Gasteiger charge is 2.50. The standard InChI is InChI=1S/C15H21N5O5S/c1-17(2)15(23)20-7-6-19(11-8-26(24,25)9-12(11)20)14(22)10-4-5-13(21)18(3)16-10/h4-5,11-12H,6-9H2,1-3H3/t11-,12+/m1/s1. The van der Waals surface area contributed by atoms with Crippen LogP contribution >= 0.6 is 0 Å². The summed E-state index contributed by atoms with van der Waals surface area (Å²) in [6.45, 7) is 0.449. The molecule has 11 heteroatoms. The molecule has 26 heavy (non-hydrogen) atoms. The number of hydrogen-bond acceptors (Lipinski definition) is 6. The molecule has 3 amide bonds. The molecule has 0 aliphatic carbocycles. The van der Waals surface area contributed by atoms with Crippen LogP contribution < -0.4 is 5.56 Å². The van der Waals surface area contributed by atoms with Crippen LogP contribution in [0.4, 0.5) is 4.79 Å². The molecular formula is C15H21N5O5S. The van der Waals surface area contributed by atoms with Gasteiger partial charge in [0, 0.05) is 40.3 Å². The minimum atomic E-state index is -3.37. The number of carbonyl (C=O) groups is 2. The summed E-state index contributed by atoms with van der Waals surface area (Å²) in [6.07, 6.45) is 0. The monoisotopic (exact) mass is 383 g/mol. The molecule has 1 aromatic heterocycles. The maximum atomic E-state index is 12.9. The van der Waals surface area contributed by atoms with Gasteiger partial charge in [-0.15, -0.1) is 0 Å². The Kier molecular flexibility index (Phi) is 4.51. The zero-order valence-electron chi connectivity index (χ0n) is 14.8. The number of nitrogens with zero attached hydrogens (tertiary/aromatic N) is 5. The van der Waals surface area contributed by atoms with Gasteiger partial charge in [-0.05, 0) is 6.07 Å². The number of aryl methyl sites for hydroxylation is 1. The fourth-order valence-corrected chi connectivity index (χ4v) is 5.44. The molecule has 0 spiro atoms. The first-order valence-electron chi connectivity index (χ1n) is 8.14. The summed E-state index contributed by atoms with van der Waals surface area (Å²) in [6, 6.07) is 1.10. The van der Waals surface area contributed by atoms with Gasteiger partial charge in [0.05, 0.1) is 23.6 Å². The minimum Gasteiger partial charge on any atom is -0.331 e. The minimum absolute atomic E-state index is 0.0718. The van der Waals surface area contributed by atoms with Crippen LogP contribution in [0.25, 0.3) is 0 Å². The topological polar surface area (TPSA) is 113 Å². The van der Waals surface area contributed by atoms with Crippen LogP contribution in [0.1, 0.15) is 10.5 Å². The van der Waals surface area contributed by atoms with E-state index in [2.05, 4.69) is 5.10 Å². The van der Waals surface area contributed by atoms with E-state index >= 15 is 0 Å². The number of piperazine rings is 1. The molecule has 1 aromatic rings. The average Bonchev–Trinajstić information content (AvgIpc) is 2.89. The summed E-state index contributed by atoms with van der Waals surface area (Å²) < 4.78 is 25.4.